The van der Waals surface area contributed by atoms with Crippen molar-refractivity contribution in [1.29, 1.82) is 0 Å². The van der Waals surface area contributed by atoms with Gasteiger partial charge in [-0.3, -0.25) is 0 Å². The second-order valence-corrected chi connectivity index (χ2v) is 7.83. The molecule has 0 aromatic heterocycles. The first-order valence-corrected chi connectivity index (χ1v) is 10.7. The largest absolute Gasteiger partial charge is 0.491 e. The highest BCUT2D eigenvalue weighted by atomic mass is 16.5. The number of ether oxygens (including phenoxy) is 2. The highest BCUT2D eigenvalue weighted by Gasteiger charge is 2.26. The predicted octanol–water partition coefficient (Wildman–Crippen LogP) is 3.23. The van der Waals surface area contributed by atoms with Gasteiger partial charge in [-0.2, -0.15) is 4.91 Å². The van der Waals surface area contributed by atoms with Gasteiger partial charge >= 0.3 is 0 Å². The fourth-order valence-electron chi connectivity index (χ4n) is 3.68. The van der Waals surface area contributed by atoms with Gasteiger partial charge in [-0.1, -0.05) is 42.6 Å². The number of aliphatic hydroxyl groups is 1. The molecule has 0 amide bonds. The Kier molecular flexibility index (Phi) is 11.0. The molecule has 0 bridgehead atoms. The molecule has 0 saturated carbocycles. The van der Waals surface area contributed by atoms with Crippen LogP contribution in [0.1, 0.15) is 12.8 Å². The van der Waals surface area contributed by atoms with Crippen molar-refractivity contribution >= 4 is 0 Å². The SMILES string of the molecule is C=C/C=C(\C=C)OCC(O)CN(C)C1CCN(CC(COc2ccccc2)N=O)CC1. The van der Waals surface area contributed by atoms with Crippen LogP contribution < -0.4 is 4.74 Å². The molecular formula is C24H35N3O4. The van der Waals surface area contributed by atoms with Crippen LogP contribution in [0.3, 0.4) is 0 Å². The molecule has 1 aromatic carbocycles. The normalized spacial score (nSPS) is 17.7. The number of para-hydroxylation sites is 1. The molecule has 1 N–H and O–H groups in total. The Bertz CT molecular complexity index is 702. The van der Waals surface area contributed by atoms with E-state index in [0.29, 0.717) is 24.9 Å². The van der Waals surface area contributed by atoms with Gasteiger partial charge in [0.15, 0.2) is 0 Å². The van der Waals surface area contributed by atoms with E-state index in [1.807, 2.05) is 37.4 Å². The molecule has 1 fully saturated rings. The van der Waals surface area contributed by atoms with Crippen LogP contribution in [0.5, 0.6) is 5.75 Å². The summed E-state index contributed by atoms with van der Waals surface area (Å²) in [6.07, 6.45) is 6.30. The van der Waals surface area contributed by atoms with Gasteiger partial charge in [-0.15, -0.1) is 0 Å². The van der Waals surface area contributed by atoms with E-state index in [9.17, 15) is 10.0 Å². The zero-order chi connectivity index (χ0) is 22.5. The van der Waals surface area contributed by atoms with Gasteiger partial charge in [0.05, 0.1) is 0 Å². The highest BCUT2D eigenvalue weighted by Crippen LogP contribution is 2.17. The average Bonchev–Trinajstić information content (AvgIpc) is 2.80. The van der Waals surface area contributed by atoms with Gasteiger partial charge in [-0.25, -0.2) is 0 Å². The van der Waals surface area contributed by atoms with E-state index in [0.717, 1.165) is 31.7 Å². The lowest BCUT2D eigenvalue weighted by Gasteiger charge is -2.37. The van der Waals surface area contributed by atoms with E-state index < -0.39 is 12.1 Å². The fourth-order valence-corrected chi connectivity index (χ4v) is 3.68. The zero-order valence-electron chi connectivity index (χ0n) is 18.4. The monoisotopic (exact) mass is 429 g/mol. The van der Waals surface area contributed by atoms with Crippen molar-refractivity contribution in [3.63, 3.8) is 0 Å². The Morgan fingerprint density at radius 2 is 2.00 bits per heavy atom. The van der Waals surface area contributed by atoms with Crippen LogP contribution in [0, 0.1) is 4.91 Å². The van der Waals surface area contributed by atoms with E-state index >= 15 is 0 Å². The molecule has 2 unspecified atom stereocenters. The lowest BCUT2D eigenvalue weighted by Crippen LogP contribution is -2.47. The minimum absolute atomic E-state index is 0.211. The molecule has 1 aliphatic rings. The maximum absolute atomic E-state index is 11.2. The summed E-state index contributed by atoms with van der Waals surface area (Å²) in [6, 6.07) is 9.47. The van der Waals surface area contributed by atoms with Gasteiger partial charge < -0.3 is 24.4 Å². The van der Waals surface area contributed by atoms with Crippen molar-refractivity contribution in [2.45, 2.75) is 31.0 Å². The van der Waals surface area contributed by atoms with Gasteiger partial charge in [0, 0.05) is 19.1 Å². The van der Waals surface area contributed by atoms with Crippen molar-refractivity contribution in [2.24, 2.45) is 5.18 Å². The van der Waals surface area contributed by atoms with E-state index in [1.165, 1.54) is 0 Å². The number of piperidine rings is 1. The summed E-state index contributed by atoms with van der Waals surface area (Å²) in [7, 11) is 2.03. The van der Waals surface area contributed by atoms with E-state index in [4.69, 9.17) is 9.47 Å². The number of rotatable bonds is 14. The maximum atomic E-state index is 11.2. The molecule has 0 aliphatic carbocycles. The number of likely N-dealkylation sites (tertiary alicyclic amines) is 1. The summed E-state index contributed by atoms with van der Waals surface area (Å²) >= 11 is 0. The molecule has 2 atom stereocenters. The summed E-state index contributed by atoms with van der Waals surface area (Å²) in [5.74, 6) is 1.35. The number of benzene rings is 1. The number of nitrogens with zero attached hydrogens (tertiary/aromatic N) is 3. The Balaban J connectivity index is 1.69. The van der Waals surface area contributed by atoms with E-state index in [1.54, 1.807) is 18.2 Å². The predicted molar refractivity (Wildman–Crippen MR) is 124 cm³/mol. The minimum atomic E-state index is -0.588. The fraction of sp³-hybridized carbons (Fsp3) is 0.500. The summed E-state index contributed by atoms with van der Waals surface area (Å²) in [6.45, 7) is 10.7. The van der Waals surface area contributed by atoms with Crippen LogP contribution in [0.15, 0.2) is 72.7 Å². The third-order valence-electron chi connectivity index (χ3n) is 5.41. The molecule has 2 rings (SSSR count). The third-order valence-corrected chi connectivity index (χ3v) is 5.41. The van der Waals surface area contributed by atoms with Crippen LogP contribution in [0.2, 0.25) is 0 Å². The Morgan fingerprint density at radius 3 is 2.61 bits per heavy atom. The highest BCUT2D eigenvalue weighted by molar-refractivity contribution is 5.21. The van der Waals surface area contributed by atoms with Crippen molar-refractivity contribution in [3.8, 4) is 5.75 Å². The standard InChI is InChI=1S/C24H35N3O4/c1-4-9-23(5-2)31-19-22(28)17-26(3)21-12-14-27(15-13-21)16-20(25-29)18-30-24-10-7-6-8-11-24/h4-11,20-22,28H,1-2,12-19H2,3H3/b23-9+. The Labute approximate surface area is 185 Å². The lowest BCUT2D eigenvalue weighted by atomic mass is 10.0. The lowest BCUT2D eigenvalue weighted by molar-refractivity contribution is 0.0303. The zero-order valence-corrected chi connectivity index (χ0v) is 18.4. The average molecular weight is 430 g/mol. The topological polar surface area (TPSA) is 74.6 Å². The number of aliphatic hydroxyl groups excluding tert-OH is 1. The molecule has 31 heavy (non-hydrogen) atoms. The van der Waals surface area contributed by atoms with Crippen LogP contribution in [0.4, 0.5) is 0 Å². The number of allylic oxidation sites excluding steroid dienone is 3. The van der Waals surface area contributed by atoms with Crippen molar-refractivity contribution in [2.75, 3.05) is 46.4 Å². The number of likely N-dealkylation sites (N-methyl/N-ethyl adjacent to an activating group) is 1. The van der Waals surface area contributed by atoms with Crippen LogP contribution >= 0.6 is 0 Å². The van der Waals surface area contributed by atoms with E-state index in [-0.39, 0.29) is 13.2 Å². The Morgan fingerprint density at radius 1 is 1.29 bits per heavy atom. The summed E-state index contributed by atoms with van der Waals surface area (Å²) < 4.78 is 11.2. The van der Waals surface area contributed by atoms with Gasteiger partial charge in [-0.05, 0) is 57.3 Å². The first kappa shape index (κ1) is 24.8. The molecular weight excluding hydrogens is 394 g/mol. The summed E-state index contributed by atoms with van der Waals surface area (Å²) in [5.41, 5.74) is 0. The molecule has 7 heteroatoms. The second kappa shape index (κ2) is 13.7. The molecule has 1 aliphatic heterocycles. The first-order chi connectivity index (χ1) is 15.0. The molecule has 170 valence electrons. The molecule has 1 saturated heterocycles. The van der Waals surface area contributed by atoms with Gasteiger partial charge in [0.25, 0.3) is 0 Å². The van der Waals surface area contributed by atoms with Crippen LogP contribution in [-0.4, -0.2) is 79.5 Å². The second-order valence-electron chi connectivity index (χ2n) is 7.83. The summed E-state index contributed by atoms with van der Waals surface area (Å²) in [5, 5.41) is 13.5. The van der Waals surface area contributed by atoms with Crippen molar-refractivity contribution in [3.05, 3.63) is 72.4 Å². The molecule has 1 aromatic rings. The van der Waals surface area contributed by atoms with E-state index in [2.05, 4.69) is 28.1 Å². The summed E-state index contributed by atoms with van der Waals surface area (Å²) in [4.78, 5) is 15.7. The van der Waals surface area contributed by atoms with Crippen LogP contribution in [-0.2, 0) is 4.74 Å². The quantitative estimate of drug-likeness (QED) is 0.278. The molecule has 0 radical (unpaired) electrons. The maximum Gasteiger partial charge on any atom is 0.138 e. The van der Waals surface area contributed by atoms with Crippen molar-refractivity contribution in [1.82, 2.24) is 9.80 Å². The minimum Gasteiger partial charge on any atom is -0.491 e. The number of hydrogen-bond acceptors (Lipinski definition) is 7. The molecule has 0 spiro atoms. The first-order valence-electron chi connectivity index (χ1n) is 10.7. The van der Waals surface area contributed by atoms with Gasteiger partial charge in [0.2, 0.25) is 0 Å². The van der Waals surface area contributed by atoms with Crippen LogP contribution in [0.25, 0.3) is 0 Å². The number of hydrogen-bond donors (Lipinski definition) is 1. The van der Waals surface area contributed by atoms with Crippen molar-refractivity contribution < 1.29 is 14.6 Å². The van der Waals surface area contributed by atoms with Gasteiger partial charge in [0.1, 0.15) is 36.9 Å². The number of nitroso groups, excluding NO2 is 1. The smallest absolute Gasteiger partial charge is 0.138 e. The molecule has 1 heterocycles. The molecule has 7 nitrogen and oxygen atoms in total. The Hall–Kier alpha value is -2.48. The third kappa shape index (κ3) is 9.04.